The Morgan fingerprint density at radius 1 is 1.00 bits per heavy atom. The van der Waals surface area contributed by atoms with Gasteiger partial charge < -0.3 is 4.74 Å². The number of benzene rings is 2. The Labute approximate surface area is 171 Å². The van der Waals surface area contributed by atoms with Crippen LogP contribution < -0.4 is 0 Å². The molecule has 154 valence electrons. The van der Waals surface area contributed by atoms with Crippen LogP contribution in [0.2, 0.25) is 0 Å². The highest BCUT2D eigenvalue weighted by Gasteiger charge is 2.24. The molecule has 3 rings (SSSR count). The number of esters is 1. The predicted octanol–water partition coefficient (Wildman–Crippen LogP) is 2.92. The number of hydrogen-bond acceptors (Lipinski definition) is 5. The summed E-state index contributed by atoms with van der Waals surface area (Å²) in [5, 5.41) is 0. The third-order valence-electron chi connectivity index (χ3n) is 5.12. The molecule has 0 aromatic heterocycles. The second kappa shape index (κ2) is 8.88. The average Bonchev–Trinajstić information content (AvgIpc) is 2.71. The Bertz CT molecular complexity index is 1010. The number of carbonyl (C=O) groups excluding carboxylic acids is 2. The van der Waals surface area contributed by atoms with Gasteiger partial charge >= 0.3 is 5.97 Å². The number of aryl methyl sites for hydroxylation is 3. The van der Waals surface area contributed by atoms with Crippen LogP contribution in [0.1, 0.15) is 39.9 Å². The molecular weight excluding hydrogens is 390 g/mol. The van der Waals surface area contributed by atoms with Gasteiger partial charge in [0, 0.05) is 12.6 Å². The first kappa shape index (κ1) is 21.2. The number of carbonyl (C=O) groups is 2. The van der Waals surface area contributed by atoms with E-state index in [1.54, 1.807) is 18.2 Å². The normalized spacial score (nSPS) is 13.8. The number of fused-ring (bicyclic) bond motifs is 1. The molecule has 1 aliphatic rings. The molecule has 7 heteroatoms. The molecule has 0 saturated carbocycles. The first-order valence-corrected chi connectivity index (χ1v) is 11.0. The van der Waals surface area contributed by atoms with E-state index in [1.165, 1.54) is 30.3 Å². The Morgan fingerprint density at radius 2 is 1.66 bits per heavy atom. The van der Waals surface area contributed by atoms with Gasteiger partial charge in [0.25, 0.3) is 0 Å². The maximum Gasteiger partial charge on any atom is 0.321 e. The molecule has 6 nitrogen and oxygen atoms in total. The summed E-state index contributed by atoms with van der Waals surface area (Å²) in [4.78, 5) is 24.5. The van der Waals surface area contributed by atoms with Crippen molar-refractivity contribution in [3.05, 3.63) is 64.7 Å². The zero-order valence-corrected chi connectivity index (χ0v) is 17.5. The van der Waals surface area contributed by atoms with Crippen molar-refractivity contribution >= 4 is 21.8 Å². The number of Topliss-reactive ketones (excluding diaryl/α,β-unsaturated/α-hetero) is 1. The fraction of sp³-hybridized carbons (Fsp3) is 0.364. The van der Waals surface area contributed by atoms with Crippen LogP contribution >= 0.6 is 0 Å². The quantitative estimate of drug-likeness (QED) is 0.513. The third kappa shape index (κ3) is 5.10. The molecule has 0 fully saturated rings. The molecule has 0 saturated heterocycles. The number of ether oxygens (including phenoxy) is 1. The molecule has 0 aliphatic heterocycles. The average molecular weight is 416 g/mol. The maximum absolute atomic E-state index is 12.5. The van der Waals surface area contributed by atoms with Gasteiger partial charge in [-0.1, -0.05) is 29.8 Å². The summed E-state index contributed by atoms with van der Waals surface area (Å²) in [6.45, 7) is 0.987. The lowest BCUT2D eigenvalue weighted by Gasteiger charge is -2.17. The highest BCUT2D eigenvalue weighted by Crippen LogP contribution is 2.22. The van der Waals surface area contributed by atoms with Gasteiger partial charge in [-0.15, -0.1) is 0 Å². The van der Waals surface area contributed by atoms with Gasteiger partial charge in [-0.3, -0.25) is 9.59 Å². The maximum atomic E-state index is 12.5. The van der Waals surface area contributed by atoms with Gasteiger partial charge in [0.1, 0.15) is 6.54 Å². The minimum absolute atomic E-state index is 0.100. The van der Waals surface area contributed by atoms with Gasteiger partial charge in [-0.2, -0.15) is 4.31 Å². The Morgan fingerprint density at radius 3 is 2.34 bits per heavy atom. The van der Waals surface area contributed by atoms with Gasteiger partial charge in [0.2, 0.25) is 10.0 Å². The van der Waals surface area contributed by atoms with Crippen molar-refractivity contribution in [2.24, 2.45) is 0 Å². The molecule has 1 aliphatic carbocycles. The highest BCUT2D eigenvalue weighted by atomic mass is 32.2. The first-order chi connectivity index (χ1) is 13.8. The SMILES string of the molecule is Cc1ccc(S(=O)(=O)N(C)CC(=O)OCC(=O)c2ccc3c(c2)CCCC3)cc1. The van der Waals surface area contributed by atoms with Crippen LogP contribution in [0.3, 0.4) is 0 Å². The summed E-state index contributed by atoms with van der Waals surface area (Å²) in [6, 6.07) is 12.0. The third-order valence-corrected chi connectivity index (χ3v) is 6.93. The van der Waals surface area contributed by atoms with Crippen molar-refractivity contribution < 1.29 is 22.7 Å². The lowest BCUT2D eigenvalue weighted by molar-refractivity contribution is -0.142. The van der Waals surface area contributed by atoms with Crippen molar-refractivity contribution in [3.63, 3.8) is 0 Å². The van der Waals surface area contributed by atoms with Crippen molar-refractivity contribution in [1.29, 1.82) is 0 Å². The molecule has 0 amide bonds. The summed E-state index contributed by atoms with van der Waals surface area (Å²) in [7, 11) is -2.50. The molecule has 0 radical (unpaired) electrons. The van der Waals surface area contributed by atoms with E-state index in [4.69, 9.17) is 4.74 Å². The zero-order valence-electron chi connectivity index (χ0n) is 16.7. The van der Waals surface area contributed by atoms with Gasteiger partial charge in [-0.05, 0) is 61.9 Å². The van der Waals surface area contributed by atoms with Crippen molar-refractivity contribution in [2.75, 3.05) is 20.2 Å². The monoisotopic (exact) mass is 415 g/mol. The minimum Gasteiger partial charge on any atom is -0.456 e. The smallest absolute Gasteiger partial charge is 0.321 e. The van der Waals surface area contributed by atoms with Crippen LogP contribution in [0.5, 0.6) is 0 Å². The summed E-state index contributed by atoms with van der Waals surface area (Å²) in [5.41, 5.74) is 3.90. The Hall–Kier alpha value is -2.51. The van der Waals surface area contributed by atoms with E-state index in [0.717, 1.165) is 35.6 Å². The highest BCUT2D eigenvalue weighted by molar-refractivity contribution is 7.89. The first-order valence-electron chi connectivity index (χ1n) is 9.61. The van der Waals surface area contributed by atoms with E-state index < -0.39 is 29.1 Å². The second-order valence-electron chi connectivity index (χ2n) is 7.35. The predicted molar refractivity (Wildman–Crippen MR) is 109 cm³/mol. The molecule has 2 aromatic carbocycles. The Kier molecular flexibility index (Phi) is 6.49. The van der Waals surface area contributed by atoms with Crippen LogP contribution in [0.25, 0.3) is 0 Å². The van der Waals surface area contributed by atoms with Gasteiger partial charge in [0.15, 0.2) is 12.4 Å². The number of rotatable bonds is 7. The number of ketones is 1. The fourth-order valence-corrected chi connectivity index (χ4v) is 4.45. The number of nitrogens with zero attached hydrogens (tertiary/aromatic N) is 1. The lowest BCUT2D eigenvalue weighted by atomic mass is 9.90. The molecule has 0 spiro atoms. The van der Waals surface area contributed by atoms with Crippen LogP contribution in [0.4, 0.5) is 0 Å². The van der Waals surface area contributed by atoms with E-state index in [-0.39, 0.29) is 10.7 Å². The van der Waals surface area contributed by atoms with Crippen LogP contribution in [-0.2, 0) is 32.4 Å². The summed E-state index contributed by atoms with van der Waals surface area (Å²) in [5.74, 6) is -1.06. The van der Waals surface area contributed by atoms with E-state index in [9.17, 15) is 18.0 Å². The molecular formula is C22H25NO5S. The molecule has 29 heavy (non-hydrogen) atoms. The molecule has 0 unspecified atom stereocenters. The molecule has 2 aromatic rings. The van der Waals surface area contributed by atoms with E-state index in [0.29, 0.717) is 5.56 Å². The van der Waals surface area contributed by atoms with Crippen molar-refractivity contribution in [3.8, 4) is 0 Å². The van der Waals surface area contributed by atoms with Gasteiger partial charge in [0.05, 0.1) is 4.90 Å². The lowest BCUT2D eigenvalue weighted by Crippen LogP contribution is -2.33. The Balaban J connectivity index is 1.56. The molecule has 0 bridgehead atoms. The van der Waals surface area contributed by atoms with Crippen LogP contribution in [0.15, 0.2) is 47.4 Å². The van der Waals surface area contributed by atoms with Gasteiger partial charge in [-0.25, -0.2) is 8.42 Å². The summed E-state index contributed by atoms with van der Waals surface area (Å²) < 4.78 is 31.0. The zero-order chi connectivity index (χ0) is 21.0. The summed E-state index contributed by atoms with van der Waals surface area (Å²) in [6.07, 6.45) is 4.26. The topological polar surface area (TPSA) is 80.8 Å². The van der Waals surface area contributed by atoms with Crippen LogP contribution in [0, 0.1) is 6.92 Å². The van der Waals surface area contributed by atoms with E-state index in [1.807, 2.05) is 19.1 Å². The summed E-state index contributed by atoms with van der Waals surface area (Å²) >= 11 is 0. The largest absolute Gasteiger partial charge is 0.456 e. The van der Waals surface area contributed by atoms with Crippen molar-refractivity contribution in [2.45, 2.75) is 37.5 Å². The fourth-order valence-electron chi connectivity index (χ4n) is 3.34. The standard InChI is InChI=1S/C22H25NO5S/c1-16-7-11-20(12-8-16)29(26,27)23(2)14-22(25)28-15-21(24)19-10-9-17-5-3-4-6-18(17)13-19/h7-13H,3-6,14-15H2,1-2H3. The number of hydrogen-bond donors (Lipinski definition) is 0. The second-order valence-corrected chi connectivity index (χ2v) is 9.39. The molecule has 0 heterocycles. The number of likely N-dealkylation sites (N-methyl/N-ethyl adjacent to an activating group) is 1. The van der Waals surface area contributed by atoms with Crippen LogP contribution in [-0.4, -0.2) is 44.7 Å². The minimum atomic E-state index is -3.80. The molecule has 0 N–H and O–H groups in total. The molecule has 0 atom stereocenters. The van der Waals surface area contributed by atoms with E-state index in [2.05, 4.69) is 0 Å². The van der Waals surface area contributed by atoms with E-state index >= 15 is 0 Å². The van der Waals surface area contributed by atoms with Crippen molar-refractivity contribution in [1.82, 2.24) is 4.31 Å². The number of sulfonamides is 1.